The second-order valence-corrected chi connectivity index (χ2v) is 3.14. The van der Waals surface area contributed by atoms with Crippen LogP contribution in [0.5, 0.6) is 0 Å². The van der Waals surface area contributed by atoms with Crippen molar-refractivity contribution >= 4 is 11.6 Å². The molecule has 1 aromatic carbocycles. The lowest BCUT2D eigenvalue weighted by Crippen LogP contribution is -2.26. The second-order valence-electron chi connectivity index (χ2n) is 3.14. The Morgan fingerprint density at radius 1 is 1.53 bits per heavy atom. The molecule has 0 atom stereocenters. The summed E-state index contributed by atoms with van der Waals surface area (Å²) in [6.07, 6.45) is 0. The minimum absolute atomic E-state index is 0.00893. The molecule has 0 radical (unpaired) electrons. The van der Waals surface area contributed by atoms with Crippen molar-refractivity contribution in [3.05, 3.63) is 29.1 Å². The number of carbonyl (C=O) groups is 1. The van der Waals surface area contributed by atoms with Crippen molar-refractivity contribution < 1.29 is 14.0 Å². The highest BCUT2D eigenvalue weighted by Crippen LogP contribution is 2.20. The summed E-state index contributed by atoms with van der Waals surface area (Å²) in [5, 5.41) is 0.938. The van der Waals surface area contributed by atoms with Crippen LogP contribution in [-0.4, -0.2) is 25.1 Å². The third-order valence-corrected chi connectivity index (χ3v) is 2.19. The highest BCUT2D eigenvalue weighted by molar-refractivity contribution is 5.94. The maximum Gasteiger partial charge on any atom is 0.280 e. The van der Waals surface area contributed by atoms with Gasteiger partial charge in [0.25, 0.3) is 5.91 Å². The Morgan fingerprint density at radius 2 is 2.13 bits per heavy atom. The molecule has 82 valence electrons. The van der Waals surface area contributed by atoms with Crippen LogP contribution >= 0.6 is 0 Å². The number of rotatable bonds is 2. The summed E-state index contributed by atoms with van der Waals surface area (Å²) in [5.41, 5.74) is 5.97. The molecule has 0 bridgehead atoms. The molecule has 0 aliphatic heterocycles. The molecule has 5 heteroatoms. The van der Waals surface area contributed by atoms with Crippen molar-refractivity contribution in [3.63, 3.8) is 0 Å². The summed E-state index contributed by atoms with van der Waals surface area (Å²) < 4.78 is 13.6. The summed E-state index contributed by atoms with van der Waals surface area (Å²) in [6, 6.07) is 2.98. The van der Waals surface area contributed by atoms with Gasteiger partial charge in [-0.1, -0.05) is 6.07 Å². The third kappa shape index (κ3) is 2.07. The van der Waals surface area contributed by atoms with Gasteiger partial charge < -0.3 is 5.73 Å². The first kappa shape index (κ1) is 11.5. The fraction of sp³-hybridized carbons (Fsp3) is 0.300. The molecule has 0 unspecified atom stereocenters. The van der Waals surface area contributed by atoms with E-state index in [2.05, 4.69) is 4.84 Å². The van der Waals surface area contributed by atoms with E-state index in [0.717, 1.165) is 5.06 Å². The topological polar surface area (TPSA) is 55.6 Å². The van der Waals surface area contributed by atoms with Gasteiger partial charge in [0.05, 0.1) is 18.4 Å². The van der Waals surface area contributed by atoms with Crippen molar-refractivity contribution in [1.82, 2.24) is 5.06 Å². The number of hydroxylamine groups is 2. The number of amides is 1. The van der Waals surface area contributed by atoms with Crippen LogP contribution in [0, 0.1) is 12.7 Å². The number of nitrogens with two attached hydrogens (primary N) is 1. The molecule has 4 nitrogen and oxygen atoms in total. The quantitative estimate of drug-likeness (QED) is 0.594. The summed E-state index contributed by atoms with van der Waals surface area (Å²) >= 11 is 0. The van der Waals surface area contributed by atoms with E-state index >= 15 is 0 Å². The van der Waals surface area contributed by atoms with Gasteiger partial charge in [0.15, 0.2) is 5.82 Å². The number of carbonyl (C=O) groups excluding carboxylic acids is 1. The number of nitrogens with zero attached hydrogens (tertiary/aromatic N) is 1. The van der Waals surface area contributed by atoms with E-state index in [0.29, 0.717) is 5.56 Å². The van der Waals surface area contributed by atoms with E-state index in [1.54, 1.807) is 13.0 Å². The molecule has 1 amide bonds. The van der Waals surface area contributed by atoms with Gasteiger partial charge in [-0.25, -0.2) is 9.45 Å². The smallest absolute Gasteiger partial charge is 0.280 e. The van der Waals surface area contributed by atoms with Crippen LogP contribution in [0.4, 0.5) is 10.1 Å². The Kier molecular flexibility index (Phi) is 3.26. The molecule has 15 heavy (non-hydrogen) atoms. The molecule has 2 N–H and O–H groups in total. The van der Waals surface area contributed by atoms with E-state index in [4.69, 9.17) is 5.73 Å². The lowest BCUT2D eigenvalue weighted by Gasteiger charge is -2.15. The normalized spacial score (nSPS) is 10.1. The number of hydrogen-bond donors (Lipinski definition) is 1. The minimum Gasteiger partial charge on any atom is -0.396 e. The fourth-order valence-electron chi connectivity index (χ4n) is 1.11. The zero-order valence-corrected chi connectivity index (χ0v) is 8.87. The van der Waals surface area contributed by atoms with Gasteiger partial charge in [-0.2, -0.15) is 0 Å². The third-order valence-electron chi connectivity index (χ3n) is 2.19. The van der Waals surface area contributed by atoms with E-state index in [1.807, 2.05) is 0 Å². The molecular weight excluding hydrogens is 199 g/mol. The van der Waals surface area contributed by atoms with Gasteiger partial charge in [-0.15, -0.1) is 0 Å². The number of hydrogen-bond acceptors (Lipinski definition) is 3. The Labute approximate surface area is 87.4 Å². The monoisotopic (exact) mass is 212 g/mol. The highest BCUT2D eigenvalue weighted by Gasteiger charge is 2.18. The SMILES string of the molecule is CON(C)C(=O)c1ccc(C)c(N)c1F. The van der Waals surface area contributed by atoms with E-state index < -0.39 is 11.7 Å². The molecule has 0 aliphatic rings. The van der Waals surface area contributed by atoms with Crippen molar-refractivity contribution in [2.45, 2.75) is 6.92 Å². The van der Waals surface area contributed by atoms with Crippen molar-refractivity contribution in [3.8, 4) is 0 Å². The number of nitrogen functional groups attached to an aromatic ring is 1. The fourth-order valence-corrected chi connectivity index (χ4v) is 1.11. The Morgan fingerprint density at radius 3 is 2.67 bits per heavy atom. The number of aryl methyl sites for hydroxylation is 1. The van der Waals surface area contributed by atoms with Gasteiger partial charge in [0, 0.05) is 7.05 Å². The Hall–Kier alpha value is -1.62. The number of benzene rings is 1. The molecule has 0 heterocycles. The summed E-state index contributed by atoms with van der Waals surface area (Å²) in [6.45, 7) is 1.67. The molecule has 0 aromatic heterocycles. The van der Waals surface area contributed by atoms with E-state index in [-0.39, 0.29) is 11.3 Å². The van der Waals surface area contributed by atoms with Crippen molar-refractivity contribution in [1.29, 1.82) is 0 Å². The van der Waals surface area contributed by atoms with Gasteiger partial charge in [0.1, 0.15) is 0 Å². The van der Waals surface area contributed by atoms with Crippen LogP contribution in [0.3, 0.4) is 0 Å². The zero-order valence-electron chi connectivity index (χ0n) is 8.87. The first-order valence-corrected chi connectivity index (χ1v) is 4.35. The van der Waals surface area contributed by atoms with E-state index in [9.17, 15) is 9.18 Å². The average molecular weight is 212 g/mol. The molecule has 0 saturated carbocycles. The molecule has 0 saturated heterocycles. The summed E-state index contributed by atoms with van der Waals surface area (Å²) in [4.78, 5) is 16.2. The lowest BCUT2D eigenvalue weighted by atomic mass is 10.1. The van der Waals surface area contributed by atoms with Crippen LogP contribution in [0.2, 0.25) is 0 Å². The van der Waals surface area contributed by atoms with Gasteiger partial charge in [0.2, 0.25) is 0 Å². The van der Waals surface area contributed by atoms with Crippen molar-refractivity contribution in [2.24, 2.45) is 0 Å². The van der Waals surface area contributed by atoms with Gasteiger partial charge in [-0.3, -0.25) is 9.63 Å². The number of halogens is 1. The first-order chi connectivity index (χ1) is 6.99. The molecule has 1 aromatic rings. The second kappa shape index (κ2) is 4.27. The predicted molar refractivity (Wildman–Crippen MR) is 54.7 cm³/mol. The maximum atomic E-state index is 13.6. The molecule has 0 aliphatic carbocycles. The molecular formula is C10H13FN2O2. The first-order valence-electron chi connectivity index (χ1n) is 4.35. The zero-order chi connectivity index (χ0) is 11.6. The Balaban J connectivity index is 3.16. The summed E-state index contributed by atoms with van der Waals surface area (Å²) in [5.74, 6) is -1.27. The van der Waals surface area contributed by atoms with E-state index in [1.165, 1.54) is 20.2 Å². The standard InChI is InChI=1S/C10H13FN2O2/c1-6-4-5-7(8(11)9(6)12)10(14)13(2)15-3/h4-5H,12H2,1-3H3. The molecule has 1 rings (SSSR count). The van der Waals surface area contributed by atoms with Gasteiger partial charge in [-0.05, 0) is 18.6 Å². The average Bonchev–Trinajstić information content (AvgIpc) is 2.24. The minimum atomic E-state index is -0.705. The summed E-state index contributed by atoms with van der Waals surface area (Å²) in [7, 11) is 2.73. The number of anilines is 1. The highest BCUT2D eigenvalue weighted by atomic mass is 19.1. The molecule has 0 fully saturated rings. The Bertz CT molecular complexity index is 393. The maximum absolute atomic E-state index is 13.6. The van der Waals surface area contributed by atoms with Crippen LogP contribution in [-0.2, 0) is 4.84 Å². The lowest BCUT2D eigenvalue weighted by molar-refractivity contribution is -0.0759. The van der Waals surface area contributed by atoms with Crippen LogP contribution in [0.25, 0.3) is 0 Å². The largest absolute Gasteiger partial charge is 0.396 e. The predicted octanol–water partition coefficient (Wildman–Crippen LogP) is 1.35. The van der Waals surface area contributed by atoms with Crippen LogP contribution < -0.4 is 5.73 Å². The van der Waals surface area contributed by atoms with Gasteiger partial charge >= 0.3 is 0 Å². The van der Waals surface area contributed by atoms with Crippen LogP contribution in [0.1, 0.15) is 15.9 Å². The molecule has 0 spiro atoms. The van der Waals surface area contributed by atoms with Crippen LogP contribution in [0.15, 0.2) is 12.1 Å². The van der Waals surface area contributed by atoms with Crippen molar-refractivity contribution in [2.75, 3.05) is 19.9 Å².